The highest BCUT2D eigenvalue weighted by Gasteiger charge is 2.17. The van der Waals surface area contributed by atoms with E-state index in [1.54, 1.807) is 7.11 Å². The summed E-state index contributed by atoms with van der Waals surface area (Å²) in [6.45, 7) is 5.11. The van der Waals surface area contributed by atoms with Crippen molar-refractivity contribution in [1.29, 1.82) is 0 Å². The lowest BCUT2D eigenvalue weighted by atomic mass is 10.1. The number of nitrogens with zero attached hydrogens (tertiary/aromatic N) is 3. The van der Waals surface area contributed by atoms with Crippen molar-refractivity contribution < 1.29 is 4.74 Å². The first-order valence-electron chi connectivity index (χ1n) is 9.38. The fourth-order valence-electron chi connectivity index (χ4n) is 3.75. The van der Waals surface area contributed by atoms with Crippen LogP contribution in [0.3, 0.4) is 0 Å². The maximum Gasteiger partial charge on any atom is 0.119 e. The molecule has 0 radical (unpaired) electrons. The average molecular weight is 382 g/mol. The number of hydrogen-bond donors (Lipinski definition) is 0. The molecule has 0 bridgehead atoms. The molecule has 27 heavy (non-hydrogen) atoms. The first-order valence-corrected chi connectivity index (χ1v) is 9.76. The van der Waals surface area contributed by atoms with Crippen LogP contribution >= 0.6 is 11.6 Å². The molecule has 1 aliphatic heterocycles. The Bertz CT molecular complexity index is 913. The van der Waals surface area contributed by atoms with E-state index < -0.39 is 0 Å². The Labute approximate surface area is 165 Å². The van der Waals surface area contributed by atoms with Crippen molar-refractivity contribution in [2.75, 3.05) is 38.2 Å². The molecular weight excluding hydrogens is 358 g/mol. The number of benzene rings is 2. The van der Waals surface area contributed by atoms with E-state index in [0.29, 0.717) is 0 Å². The molecule has 0 unspecified atom stereocenters. The number of aromatic nitrogens is 1. The van der Waals surface area contributed by atoms with E-state index in [1.165, 1.54) is 11.3 Å². The molecule has 1 aromatic heterocycles. The predicted octanol–water partition coefficient (Wildman–Crippen LogP) is 4.61. The van der Waals surface area contributed by atoms with Crippen molar-refractivity contribution >= 4 is 28.2 Å². The van der Waals surface area contributed by atoms with Gasteiger partial charge in [0.2, 0.25) is 0 Å². The number of fused-ring (bicyclic) bond motifs is 1. The fraction of sp³-hybridized carbons (Fsp3) is 0.318. The smallest absolute Gasteiger partial charge is 0.119 e. The Morgan fingerprint density at radius 2 is 1.85 bits per heavy atom. The van der Waals surface area contributed by atoms with Gasteiger partial charge in [0, 0.05) is 55.0 Å². The van der Waals surface area contributed by atoms with E-state index in [-0.39, 0.29) is 0 Å². The topological polar surface area (TPSA) is 28.6 Å². The summed E-state index contributed by atoms with van der Waals surface area (Å²) in [5.41, 5.74) is 3.52. The second kappa shape index (κ2) is 8.15. The van der Waals surface area contributed by atoms with Gasteiger partial charge in [-0.3, -0.25) is 9.88 Å². The Balaban J connectivity index is 1.46. The van der Waals surface area contributed by atoms with Gasteiger partial charge in [-0.1, -0.05) is 17.7 Å². The van der Waals surface area contributed by atoms with Crippen LogP contribution in [-0.2, 0) is 6.54 Å². The molecule has 0 N–H and O–H groups in total. The number of pyridine rings is 1. The van der Waals surface area contributed by atoms with Crippen molar-refractivity contribution in [2.45, 2.75) is 13.0 Å². The minimum atomic E-state index is 0.767. The standard InChI is InChI=1S/C22H24ClN3O/c1-27-19-8-6-18(7-9-19)26-13-3-12-25(14-15-26)16-17-5-10-21(23)20-4-2-11-24-22(17)20/h2,4-11H,3,12-16H2,1H3. The van der Waals surface area contributed by atoms with Gasteiger partial charge in [-0.2, -0.15) is 0 Å². The molecule has 0 amide bonds. The lowest BCUT2D eigenvalue weighted by molar-refractivity contribution is 0.286. The monoisotopic (exact) mass is 381 g/mol. The largest absolute Gasteiger partial charge is 0.497 e. The summed E-state index contributed by atoms with van der Waals surface area (Å²) < 4.78 is 5.27. The summed E-state index contributed by atoms with van der Waals surface area (Å²) in [4.78, 5) is 9.55. The van der Waals surface area contributed by atoms with Gasteiger partial charge in [0.25, 0.3) is 0 Å². The Kier molecular flexibility index (Phi) is 5.46. The van der Waals surface area contributed by atoms with Gasteiger partial charge in [0.05, 0.1) is 12.6 Å². The van der Waals surface area contributed by atoms with Gasteiger partial charge >= 0.3 is 0 Å². The number of methoxy groups -OCH3 is 1. The maximum absolute atomic E-state index is 6.34. The minimum absolute atomic E-state index is 0.767. The number of rotatable bonds is 4. The summed E-state index contributed by atoms with van der Waals surface area (Å²) in [5.74, 6) is 0.900. The SMILES string of the molecule is COc1ccc(N2CCCN(Cc3ccc(Cl)c4cccnc34)CC2)cc1. The quantitative estimate of drug-likeness (QED) is 0.659. The molecule has 0 spiro atoms. The lowest BCUT2D eigenvalue weighted by Crippen LogP contribution is -2.30. The Hall–Kier alpha value is -2.30. The molecular formula is C22H24ClN3O. The molecule has 4 nitrogen and oxygen atoms in total. The highest BCUT2D eigenvalue weighted by Crippen LogP contribution is 2.26. The molecule has 1 fully saturated rings. The van der Waals surface area contributed by atoms with Gasteiger partial charge in [0.1, 0.15) is 5.75 Å². The molecule has 0 saturated carbocycles. The molecule has 4 rings (SSSR count). The van der Waals surface area contributed by atoms with Crippen molar-refractivity contribution in [1.82, 2.24) is 9.88 Å². The third kappa shape index (κ3) is 4.02. The van der Waals surface area contributed by atoms with Crippen molar-refractivity contribution in [3.63, 3.8) is 0 Å². The van der Waals surface area contributed by atoms with Gasteiger partial charge in [0.15, 0.2) is 0 Å². The lowest BCUT2D eigenvalue weighted by Gasteiger charge is -2.24. The number of hydrogen-bond acceptors (Lipinski definition) is 4. The van der Waals surface area contributed by atoms with E-state index in [0.717, 1.165) is 60.8 Å². The van der Waals surface area contributed by atoms with Gasteiger partial charge < -0.3 is 9.64 Å². The molecule has 3 aromatic rings. The predicted molar refractivity (Wildman–Crippen MR) is 112 cm³/mol. The maximum atomic E-state index is 6.34. The second-order valence-corrected chi connectivity index (χ2v) is 7.33. The summed E-state index contributed by atoms with van der Waals surface area (Å²) in [7, 11) is 1.70. The fourth-order valence-corrected chi connectivity index (χ4v) is 3.96. The van der Waals surface area contributed by atoms with Crippen molar-refractivity contribution in [3.8, 4) is 5.75 Å². The van der Waals surface area contributed by atoms with E-state index in [1.807, 2.05) is 36.5 Å². The van der Waals surface area contributed by atoms with Crippen LogP contribution in [0, 0.1) is 0 Å². The minimum Gasteiger partial charge on any atom is -0.497 e. The molecule has 1 saturated heterocycles. The molecule has 140 valence electrons. The highest BCUT2D eigenvalue weighted by atomic mass is 35.5. The van der Waals surface area contributed by atoms with Crippen LogP contribution in [0.1, 0.15) is 12.0 Å². The number of ether oxygens (including phenoxy) is 1. The normalized spacial score (nSPS) is 15.7. The summed E-state index contributed by atoms with van der Waals surface area (Å²) >= 11 is 6.34. The van der Waals surface area contributed by atoms with Crippen LogP contribution < -0.4 is 9.64 Å². The Morgan fingerprint density at radius 1 is 1.00 bits per heavy atom. The first-order chi connectivity index (χ1) is 13.2. The first kappa shape index (κ1) is 18.1. The number of halogens is 1. The third-order valence-electron chi connectivity index (χ3n) is 5.22. The van der Waals surface area contributed by atoms with Crippen LogP contribution in [-0.4, -0.2) is 43.2 Å². The van der Waals surface area contributed by atoms with Crippen molar-refractivity contribution in [3.05, 3.63) is 65.3 Å². The van der Waals surface area contributed by atoms with Crippen LogP contribution in [0.4, 0.5) is 5.69 Å². The third-order valence-corrected chi connectivity index (χ3v) is 5.55. The average Bonchev–Trinajstić information content (AvgIpc) is 2.96. The summed E-state index contributed by atoms with van der Waals surface area (Å²) in [6.07, 6.45) is 2.99. The van der Waals surface area contributed by atoms with Crippen LogP contribution in [0.2, 0.25) is 5.02 Å². The molecule has 1 aliphatic rings. The van der Waals surface area contributed by atoms with Crippen LogP contribution in [0.5, 0.6) is 5.75 Å². The second-order valence-electron chi connectivity index (χ2n) is 6.92. The van der Waals surface area contributed by atoms with E-state index in [9.17, 15) is 0 Å². The molecule has 5 heteroatoms. The zero-order chi connectivity index (χ0) is 18.6. The molecule has 0 atom stereocenters. The Morgan fingerprint density at radius 3 is 2.67 bits per heavy atom. The zero-order valence-corrected chi connectivity index (χ0v) is 16.3. The van der Waals surface area contributed by atoms with Gasteiger partial charge in [-0.15, -0.1) is 0 Å². The zero-order valence-electron chi connectivity index (χ0n) is 15.6. The van der Waals surface area contributed by atoms with E-state index >= 15 is 0 Å². The summed E-state index contributed by atoms with van der Waals surface area (Å²) in [5, 5.41) is 1.80. The number of anilines is 1. The van der Waals surface area contributed by atoms with Crippen LogP contribution in [0.25, 0.3) is 10.9 Å². The van der Waals surface area contributed by atoms with E-state index in [4.69, 9.17) is 16.3 Å². The molecule has 2 aromatic carbocycles. The summed E-state index contributed by atoms with van der Waals surface area (Å²) in [6, 6.07) is 16.4. The molecule has 0 aliphatic carbocycles. The van der Waals surface area contributed by atoms with E-state index in [2.05, 4.69) is 33.0 Å². The van der Waals surface area contributed by atoms with Crippen molar-refractivity contribution in [2.24, 2.45) is 0 Å². The highest BCUT2D eigenvalue weighted by molar-refractivity contribution is 6.35. The van der Waals surface area contributed by atoms with Gasteiger partial charge in [-0.05, 0) is 54.4 Å². The van der Waals surface area contributed by atoms with Gasteiger partial charge in [-0.25, -0.2) is 0 Å². The molecule has 2 heterocycles. The van der Waals surface area contributed by atoms with Crippen LogP contribution in [0.15, 0.2) is 54.7 Å².